The smallest absolute Gasteiger partial charge is 0.261 e. The van der Waals surface area contributed by atoms with Gasteiger partial charge in [0.2, 0.25) is 10.0 Å². The van der Waals surface area contributed by atoms with Crippen molar-refractivity contribution in [2.75, 3.05) is 19.8 Å². The van der Waals surface area contributed by atoms with Gasteiger partial charge in [0.1, 0.15) is 5.75 Å². The average molecular weight is 314 g/mol. The minimum atomic E-state index is -3.76. The Morgan fingerprint density at radius 2 is 2.29 bits per heavy atom. The summed E-state index contributed by atoms with van der Waals surface area (Å²) in [5.74, 6) is 0.260. The quantitative estimate of drug-likeness (QED) is 0.706. The van der Waals surface area contributed by atoms with Gasteiger partial charge in [-0.25, -0.2) is 13.6 Å². The third-order valence-corrected chi connectivity index (χ3v) is 3.99. The summed E-state index contributed by atoms with van der Waals surface area (Å²) in [5.41, 5.74) is 0.659. The minimum Gasteiger partial charge on any atom is -0.480 e. The Bertz CT molecular complexity index is 629. The normalized spacial score (nSPS) is 17.1. The van der Waals surface area contributed by atoms with Crippen LogP contribution in [0.3, 0.4) is 0 Å². The average Bonchev–Trinajstić information content (AvgIpc) is 2.85. The topological polar surface area (TPSA) is 108 Å². The Morgan fingerprint density at radius 1 is 1.52 bits per heavy atom. The SMILES string of the molecule is CCOCCNC(=O)C1Cc2cc(S(N)(=O)=O)ccc2O1. The van der Waals surface area contributed by atoms with Crippen LogP contribution in [0.5, 0.6) is 5.75 Å². The van der Waals surface area contributed by atoms with Crippen molar-refractivity contribution in [2.45, 2.75) is 24.3 Å². The van der Waals surface area contributed by atoms with Gasteiger partial charge in [-0.3, -0.25) is 4.79 Å². The fourth-order valence-electron chi connectivity index (χ4n) is 2.05. The molecule has 1 amide bonds. The number of rotatable bonds is 6. The fraction of sp³-hybridized carbons (Fsp3) is 0.462. The largest absolute Gasteiger partial charge is 0.480 e. The van der Waals surface area contributed by atoms with E-state index in [1.165, 1.54) is 18.2 Å². The van der Waals surface area contributed by atoms with Crippen LogP contribution in [0.1, 0.15) is 12.5 Å². The highest BCUT2D eigenvalue weighted by molar-refractivity contribution is 7.89. The molecular formula is C13H18N2O5S. The number of sulfonamides is 1. The maximum absolute atomic E-state index is 11.9. The van der Waals surface area contributed by atoms with E-state index in [1.807, 2.05) is 6.92 Å². The highest BCUT2D eigenvalue weighted by Crippen LogP contribution is 2.30. The Morgan fingerprint density at radius 3 is 2.95 bits per heavy atom. The number of carbonyl (C=O) groups excluding carboxylic acids is 1. The second-order valence-electron chi connectivity index (χ2n) is 4.61. The van der Waals surface area contributed by atoms with Crippen LogP contribution < -0.4 is 15.2 Å². The molecule has 1 aliphatic heterocycles. The molecule has 0 fully saturated rings. The van der Waals surface area contributed by atoms with Gasteiger partial charge >= 0.3 is 0 Å². The van der Waals surface area contributed by atoms with Crippen LogP contribution in [0, 0.1) is 0 Å². The van der Waals surface area contributed by atoms with Gasteiger partial charge in [0.15, 0.2) is 6.10 Å². The molecule has 3 N–H and O–H groups in total. The molecule has 1 aromatic carbocycles. The van der Waals surface area contributed by atoms with E-state index in [9.17, 15) is 13.2 Å². The summed E-state index contributed by atoms with van der Waals surface area (Å²) in [6.45, 7) is 3.32. The third-order valence-electron chi connectivity index (χ3n) is 3.08. The van der Waals surface area contributed by atoms with Gasteiger partial charge in [-0.05, 0) is 30.7 Å². The van der Waals surface area contributed by atoms with Gasteiger partial charge < -0.3 is 14.8 Å². The minimum absolute atomic E-state index is 0.0160. The molecule has 0 aliphatic carbocycles. The molecule has 1 aliphatic rings. The summed E-state index contributed by atoms with van der Waals surface area (Å²) in [6.07, 6.45) is -0.337. The van der Waals surface area contributed by atoms with E-state index in [1.54, 1.807) is 0 Å². The summed E-state index contributed by atoms with van der Waals surface area (Å²) in [4.78, 5) is 11.9. The summed E-state index contributed by atoms with van der Waals surface area (Å²) < 4.78 is 33.2. The number of primary sulfonamides is 1. The van der Waals surface area contributed by atoms with Crippen molar-refractivity contribution in [3.63, 3.8) is 0 Å². The van der Waals surface area contributed by atoms with Crippen LogP contribution in [0.15, 0.2) is 23.1 Å². The number of amides is 1. The zero-order valence-electron chi connectivity index (χ0n) is 11.7. The highest BCUT2D eigenvalue weighted by atomic mass is 32.2. The molecule has 0 saturated carbocycles. The Labute approximate surface area is 123 Å². The van der Waals surface area contributed by atoms with E-state index in [4.69, 9.17) is 14.6 Å². The molecule has 7 nitrogen and oxygen atoms in total. The molecule has 8 heteroatoms. The van der Waals surface area contributed by atoms with Crippen molar-refractivity contribution in [1.29, 1.82) is 0 Å². The Balaban J connectivity index is 1.98. The zero-order chi connectivity index (χ0) is 15.5. The number of hydrogen-bond acceptors (Lipinski definition) is 5. The molecule has 1 aromatic rings. The van der Waals surface area contributed by atoms with Crippen LogP contribution in [-0.4, -0.2) is 40.2 Å². The zero-order valence-corrected chi connectivity index (χ0v) is 12.5. The van der Waals surface area contributed by atoms with Crippen molar-refractivity contribution >= 4 is 15.9 Å². The maximum Gasteiger partial charge on any atom is 0.261 e. The number of nitrogens with one attached hydrogen (secondary N) is 1. The second kappa shape index (κ2) is 6.42. The van der Waals surface area contributed by atoms with Gasteiger partial charge in [-0.2, -0.15) is 0 Å². The molecule has 0 spiro atoms. The third kappa shape index (κ3) is 3.93. The summed E-state index contributed by atoms with van der Waals surface area (Å²) in [7, 11) is -3.76. The molecule has 0 aromatic heterocycles. The first kappa shape index (κ1) is 15.7. The lowest BCUT2D eigenvalue weighted by Crippen LogP contribution is -2.39. The van der Waals surface area contributed by atoms with Crippen LogP contribution >= 0.6 is 0 Å². The Kier molecular flexibility index (Phi) is 4.81. The lowest BCUT2D eigenvalue weighted by Gasteiger charge is -2.11. The van der Waals surface area contributed by atoms with E-state index >= 15 is 0 Å². The van der Waals surface area contributed by atoms with Crippen LogP contribution in [0.4, 0.5) is 0 Å². The molecule has 116 valence electrons. The van der Waals surface area contributed by atoms with E-state index in [0.29, 0.717) is 37.5 Å². The number of ether oxygens (including phenoxy) is 2. The first-order valence-electron chi connectivity index (χ1n) is 6.59. The molecule has 2 rings (SSSR count). The highest BCUT2D eigenvalue weighted by Gasteiger charge is 2.29. The van der Waals surface area contributed by atoms with E-state index < -0.39 is 16.1 Å². The van der Waals surface area contributed by atoms with Gasteiger partial charge in [-0.15, -0.1) is 0 Å². The lowest BCUT2D eigenvalue weighted by molar-refractivity contribution is -0.127. The van der Waals surface area contributed by atoms with E-state index in [-0.39, 0.29) is 10.8 Å². The summed E-state index contributed by atoms with van der Waals surface area (Å²) >= 11 is 0. The van der Waals surface area contributed by atoms with Crippen molar-refractivity contribution < 1.29 is 22.7 Å². The number of carbonyl (C=O) groups is 1. The molecule has 21 heavy (non-hydrogen) atoms. The monoisotopic (exact) mass is 314 g/mol. The van der Waals surface area contributed by atoms with Crippen molar-refractivity contribution in [3.05, 3.63) is 23.8 Å². The molecule has 0 radical (unpaired) electrons. The van der Waals surface area contributed by atoms with Gasteiger partial charge in [0.25, 0.3) is 5.91 Å². The van der Waals surface area contributed by atoms with Crippen LogP contribution in [0.25, 0.3) is 0 Å². The first-order valence-corrected chi connectivity index (χ1v) is 8.14. The van der Waals surface area contributed by atoms with Gasteiger partial charge in [0.05, 0.1) is 11.5 Å². The van der Waals surface area contributed by atoms with Crippen molar-refractivity contribution in [2.24, 2.45) is 5.14 Å². The van der Waals surface area contributed by atoms with Crippen LogP contribution in [0.2, 0.25) is 0 Å². The van der Waals surface area contributed by atoms with Crippen molar-refractivity contribution in [1.82, 2.24) is 5.32 Å². The molecule has 0 saturated heterocycles. The maximum atomic E-state index is 11.9. The summed E-state index contributed by atoms with van der Waals surface area (Å²) in [5, 5.41) is 7.78. The molecule has 1 atom stereocenters. The Hall–Kier alpha value is -1.64. The first-order chi connectivity index (χ1) is 9.91. The van der Waals surface area contributed by atoms with Crippen molar-refractivity contribution in [3.8, 4) is 5.75 Å². The molecular weight excluding hydrogens is 296 g/mol. The van der Waals surface area contributed by atoms with E-state index in [0.717, 1.165) is 0 Å². The van der Waals surface area contributed by atoms with Crippen LogP contribution in [-0.2, 0) is 26.0 Å². The predicted octanol–water partition coefficient (Wildman–Crippen LogP) is -0.210. The second-order valence-corrected chi connectivity index (χ2v) is 6.17. The number of fused-ring (bicyclic) bond motifs is 1. The number of benzene rings is 1. The van der Waals surface area contributed by atoms with E-state index in [2.05, 4.69) is 5.32 Å². The van der Waals surface area contributed by atoms with Gasteiger partial charge in [0, 0.05) is 19.6 Å². The fourth-order valence-corrected chi connectivity index (χ4v) is 2.62. The lowest BCUT2D eigenvalue weighted by atomic mass is 10.1. The number of nitrogens with two attached hydrogens (primary N) is 1. The molecule has 0 bridgehead atoms. The standard InChI is InChI=1S/C13H18N2O5S/c1-2-19-6-5-15-13(16)12-8-9-7-10(21(14,17)18)3-4-11(9)20-12/h3-4,7,12H,2,5-6,8H2,1H3,(H,15,16)(H2,14,17,18). The predicted molar refractivity (Wildman–Crippen MR) is 75.4 cm³/mol. The van der Waals surface area contributed by atoms with Gasteiger partial charge in [-0.1, -0.05) is 0 Å². The molecule has 1 heterocycles. The number of hydrogen-bond donors (Lipinski definition) is 2. The summed E-state index contributed by atoms with van der Waals surface area (Å²) in [6, 6.07) is 4.32. The molecule has 1 unspecified atom stereocenters.